The Kier molecular flexibility index (Phi) is 3.24. The minimum Gasteiger partial charge on any atom is -0.508 e. The average Bonchev–Trinajstić information content (AvgIpc) is 2.54. The number of benzene rings is 1. The zero-order valence-corrected chi connectivity index (χ0v) is 10.8. The van der Waals surface area contributed by atoms with Crippen LogP contribution in [0.25, 0.3) is 0 Å². The second-order valence-corrected chi connectivity index (χ2v) is 4.26. The zero-order chi connectivity index (χ0) is 13.3. The number of phenols is 1. The van der Waals surface area contributed by atoms with Gasteiger partial charge in [0.2, 0.25) is 6.17 Å². The van der Waals surface area contributed by atoms with E-state index in [1.54, 1.807) is 31.1 Å². The second-order valence-electron chi connectivity index (χ2n) is 3.90. The molecule has 1 aromatic carbocycles. The maximum atomic E-state index is 11.8. The highest BCUT2D eigenvalue weighted by Crippen LogP contribution is 2.20. The minimum atomic E-state index is -0.712. The number of nitrogens with zero attached hydrogens (tertiary/aromatic N) is 4. The van der Waals surface area contributed by atoms with E-state index in [0.29, 0.717) is 10.8 Å². The van der Waals surface area contributed by atoms with E-state index in [-0.39, 0.29) is 11.7 Å². The smallest absolute Gasteiger partial charge is 0.275 e. The summed E-state index contributed by atoms with van der Waals surface area (Å²) in [6.45, 7) is 0. The summed E-state index contributed by atoms with van der Waals surface area (Å²) in [6.07, 6.45) is -0.712. The Morgan fingerprint density at radius 3 is 2.39 bits per heavy atom. The summed E-state index contributed by atoms with van der Waals surface area (Å²) >= 11 is 5.06. The van der Waals surface area contributed by atoms with Crippen molar-refractivity contribution in [1.29, 1.82) is 0 Å². The van der Waals surface area contributed by atoms with E-state index in [0.717, 1.165) is 0 Å². The van der Waals surface area contributed by atoms with E-state index in [9.17, 15) is 4.79 Å². The summed E-state index contributed by atoms with van der Waals surface area (Å²) in [5.41, 5.74) is 0.564. The van der Waals surface area contributed by atoms with Crippen LogP contribution in [0.15, 0.2) is 34.5 Å². The molecule has 0 saturated carbocycles. The van der Waals surface area contributed by atoms with Gasteiger partial charge in [0.15, 0.2) is 5.11 Å². The third-order valence-electron chi connectivity index (χ3n) is 2.64. The molecule has 1 aliphatic rings. The number of hydrogen-bond donors (Lipinski definition) is 1. The predicted octanol–water partition coefficient (Wildman–Crippen LogP) is 1.49. The summed E-state index contributed by atoms with van der Waals surface area (Å²) in [6, 6.07) is 6.23. The monoisotopic (exact) mass is 264 g/mol. The van der Waals surface area contributed by atoms with Crippen LogP contribution in [0.4, 0.5) is 5.69 Å². The highest BCUT2D eigenvalue weighted by atomic mass is 32.1. The number of carbonyl (C=O) groups is 1. The lowest BCUT2D eigenvalue weighted by Crippen LogP contribution is -2.28. The summed E-state index contributed by atoms with van der Waals surface area (Å²) in [5.74, 6) is -0.0473. The highest BCUT2D eigenvalue weighted by molar-refractivity contribution is 7.80. The molecule has 2 rings (SSSR count). The Hall–Kier alpha value is -2.02. The van der Waals surface area contributed by atoms with Crippen LogP contribution in [0.5, 0.6) is 5.75 Å². The number of aromatic hydroxyl groups is 1. The van der Waals surface area contributed by atoms with E-state index < -0.39 is 6.17 Å². The van der Waals surface area contributed by atoms with Crippen LogP contribution < -0.4 is 0 Å². The molecule has 1 heterocycles. The summed E-state index contributed by atoms with van der Waals surface area (Å²) in [4.78, 5) is 14.8. The quantitative estimate of drug-likeness (QED) is 0.649. The molecule has 0 radical (unpaired) electrons. The fourth-order valence-electron chi connectivity index (χ4n) is 1.54. The second kappa shape index (κ2) is 4.69. The van der Waals surface area contributed by atoms with Gasteiger partial charge >= 0.3 is 0 Å². The largest absolute Gasteiger partial charge is 0.508 e. The lowest BCUT2D eigenvalue weighted by molar-refractivity contribution is -0.127. The third kappa shape index (κ3) is 2.17. The normalized spacial score (nSPS) is 20.2. The van der Waals surface area contributed by atoms with E-state index >= 15 is 0 Å². The van der Waals surface area contributed by atoms with E-state index in [2.05, 4.69) is 10.2 Å². The first-order valence-corrected chi connectivity index (χ1v) is 5.66. The number of thiocarbonyl (C=S) groups is 1. The molecule has 0 aliphatic carbocycles. The first kappa shape index (κ1) is 12.4. The molecule has 0 unspecified atom stereocenters. The Morgan fingerprint density at radius 1 is 1.28 bits per heavy atom. The average molecular weight is 264 g/mol. The molecule has 1 aromatic rings. The Morgan fingerprint density at radius 2 is 1.89 bits per heavy atom. The SMILES string of the molecule is CN1C(=O)[C@H](N=Nc2ccc(O)cc2)N(C)C1=S. The van der Waals surface area contributed by atoms with Crippen molar-refractivity contribution in [1.82, 2.24) is 9.80 Å². The van der Waals surface area contributed by atoms with Gasteiger partial charge in [0.1, 0.15) is 5.75 Å². The van der Waals surface area contributed by atoms with Crippen molar-refractivity contribution in [3.63, 3.8) is 0 Å². The zero-order valence-electron chi connectivity index (χ0n) is 9.94. The number of amides is 1. The molecule has 94 valence electrons. The molecule has 7 heteroatoms. The van der Waals surface area contributed by atoms with Crippen LogP contribution in [-0.4, -0.2) is 46.2 Å². The van der Waals surface area contributed by atoms with Gasteiger partial charge in [-0.05, 0) is 36.5 Å². The molecule has 0 aromatic heterocycles. The number of carbonyl (C=O) groups excluding carboxylic acids is 1. The molecule has 1 N–H and O–H groups in total. The Labute approximate surface area is 110 Å². The standard InChI is InChI=1S/C11H12N4O2S/c1-14-9(10(17)15(2)11(14)18)13-12-7-3-5-8(16)6-4-7/h3-6,9,16H,1-2H3/t9-/m1/s1. The van der Waals surface area contributed by atoms with Gasteiger partial charge in [-0.25, -0.2) is 0 Å². The molecule has 1 saturated heterocycles. The van der Waals surface area contributed by atoms with E-state index in [1.165, 1.54) is 17.0 Å². The molecule has 0 bridgehead atoms. The van der Waals surface area contributed by atoms with Gasteiger partial charge in [0.25, 0.3) is 5.91 Å². The number of rotatable bonds is 2. The number of azo groups is 1. The van der Waals surface area contributed by atoms with Gasteiger partial charge in [-0.15, -0.1) is 0 Å². The topological polar surface area (TPSA) is 68.5 Å². The van der Waals surface area contributed by atoms with Crippen LogP contribution in [0, 0.1) is 0 Å². The van der Waals surface area contributed by atoms with Crippen molar-refractivity contribution in [3.05, 3.63) is 24.3 Å². The maximum Gasteiger partial charge on any atom is 0.275 e. The maximum absolute atomic E-state index is 11.8. The van der Waals surface area contributed by atoms with Gasteiger partial charge in [-0.2, -0.15) is 10.2 Å². The molecular formula is C11H12N4O2S. The third-order valence-corrected chi connectivity index (χ3v) is 3.20. The summed E-state index contributed by atoms with van der Waals surface area (Å²) in [5, 5.41) is 17.5. The summed E-state index contributed by atoms with van der Waals surface area (Å²) in [7, 11) is 3.31. The molecule has 1 atom stereocenters. The molecule has 1 fully saturated rings. The van der Waals surface area contributed by atoms with Crippen LogP contribution in [0.2, 0.25) is 0 Å². The summed E-state index contributed by atoms with van der Waals surface area (Å²) < 4.78 is 0. The van der Waals surface area contributed by atoms with Crippen LogP contribution in [0.1, 0.15) is 0 Å². The van der Waals surface area contributed by atoms with Gasteiger partial charge in [-0.1, -0.05) is 0 Å². The number of phenolic OH excluding ortho intramolecular Hbond substituents is 1. The first-order valence-electron chi connectivity index (χ1n) is 5.25. The van der Waals surface area contributed by atoms with Gasteiger partial charge < -0.3 is 10.0 Å². The molecule has 1 aliphatic heterocycles. The molecular weight excluding hydrogens is 252 g/mol. The Balaban J connectivity index is 2.16. The number of hydrogen-bond acceptors (Lipinski definition) is 5. The highest BCUT2D eigenvalue weighted by Gasteiger charge is 2.38. The van der Waals surface area contributed by atoms with Crippen molar-refractivity contribution in [3.8, 4) is 5.75 Å². The molecule has 18 heavy (non-hydrogen) atoms. The minimum absolute atomic E-state index is 0.156. The van der Waals surface area contributed by atoms with Crippen molar-refractivity contribution >= 4 is 28.9 Å². The van der Waals surface area contributed by atoms with Crippen molar-refractivity contribution < 1.29 is 9.90 Å². The lowest BCUT2D eigenvalue weighted by atomic mass is 10.3. The van der Waals surface area contributed by atoms with Crippen LogP contribution >= 0.6 is 12.2 Å². The van der Waals surface area contributed by atoms with E-state index in [1.807, 2.05) is 0 Å². The number of likely N-dealkylation sites (N-methyl/N-ethyl adjacent to an activating group) is 2. The molecule has 6 nitrogen and oxygen atoms in total. The van der Waals surface area contributed by atoms with Gasteiger partial charge in [0, 0.05) is 14.1 Å². The van der Waals surface area contributed by atoms with E-state index in [4.69, 9.17) is 17.3 Å². The van der Waals surface area contributed by atoms with Crippen LogP contribution in [-0.2, 0) is 4.79 Å². The van der Waals surface area contributed by atoms with Crippen molar-refractivity contribution in [2.24, 2.45) is 10.2 Å². The van der Waals surface area contributed by atoms with Crippen LogP contribution in [0.3, 0.4) is 0 Å². The first-order chi connectivity index (χ1) is 8.50. The van der Waals surface area contributed by atoms with Gasteiger partial charge in [0.05, 0.1) is 5.69 Å². The molecule has 1 amide bonds. The fraction of sp³-hybridized carbons (Fsp3) is 0.273. The predicted molar refractivity (Wildman–Crippen MR) is 69.5 cm³/mol. The van der Waals surface area contributed by atoms with Crippen molar-refractivity contribution in [2.45, 2.75) is 6.17 Å². The fourth-order valence-corrected chi connectivity index (χ4v) is 1.73. The molecule has 0 spiro atoms. The van der Waals surface area contributed by atoms with Gasteiger partial charge in [-0.3, -0.25) is 9.69 Å². The van der Waals surface area contributed by atoms with Crippen molar-refractivity contribution in [2.75, 3.05) is 14.1 Å². The Bertz CT molecular complexity index is 514. The lowest BCUT2D eigenvalue weighted by Gasteiger charge is -2.12.